The molecule has 1 aromatic heterocycles. The molecule has 2 aromatic carbocycles. The van der Waals surface area contributed by atoms with E-state index in [9.17, 15) is 9.59 Å². The number of aromatic nitrogens is 1. The molecule has 3 amide bonds. The second-order valence-electron chi connectivity index (χ2n) is 7.25. The zero-order valence-corrected chi connectivity index (χ0v) is 16.9. The van der Waals surface area contributed by atoms with E-state index in [-0.39, 0.29) is 12.5 Å². The number of nitrogens with one attached hydrogen (secondary N) is 1. The molecule has 30 heavy (non-hydrogen) atoms. The maximum atomic E-state index is 13.3. The summed E-state index contributed by atoms with van der Waals surface area (Å²) in [4.78, 5) is 27.3. The molecule has 0 aliphatic carbocycles. The summed E-state index contributed by atoms with van der Waals surface area (Å²) in [5.74, 6) is 0.905. The Morgan fingerprint density at radius 2 is 1.83 bits per heavy atom. The lowest BCUT2D eigenvalue weighted by Gasteiger charge is -2.26. The Kier molecular flexibility index (Phi) is 5.27. The molecule has 0 bridgehead atoms. The number of carbonyl (C=O) groups is 2. The minimum atomic E-state index is -1.05. The van der Waals surface area contributed by atoms with Crippen LogP contribution in [0.5, 0.6) is 5.75 Å². The summed E-state index contributed by atoms with van der Waals surface area (Å²) in [6.07, 6.45) is 1.27. The third-order valence-electron chi connectivity index (χ3n) is 5.33. The Labute approximate surface area is 174 Å². The fourth-order valence-corrected chi connectivity index (χ4v) is 3.82. The lowest BCUT2D eigenvalue weighted by Crippen LogP contribution is -2.43. The van der Waals surface area contributed by atoms with Crippen LogP contribution in [0, 0.1) is 0 Å². The number of carbonyl (C=O) groups excluding carboxylic acids is 2. The number of imide groups is 1. The zero-order valence-electron chi connectivity index (χ0n) is 16.9. The number of nitrogens with zero attached hydrogens (tertiary/aromatic N) is 2. The van der Waals surface area contributed by atoms with Gasteiger partial charge >= 0.3 is 6.03 Å². The first kappa shape index (κ1) is 19.7. The number of rotatable bonds is 7. The van der Waals surface area contributed by atoms with Crippen LogP contribution in [0.2, 0.25) is 0 Å². The van der Waals surface area contributed by atoms with Crippen LogP contribution in [0.1, 0.15) is 31.1 Å². The van der Waals surface area contributed by atoms with Crippen LogP contribution in [-0.2, 0) is 16.9 Å². The third kappa shape index (κ3) is 3.43. The molecule has 1 N–H and O–H groups in total. The first-order chi connectivity index (χ1) is 14.6. The van der Waals surface area contributed by atoms with Crippen molar-refractivity contribution in [3.05, 3.63) is 72.0 Å². The Bertz CT molecular complexity index is 1050. The van der Waals surface area contributed by atoms with Crippen LogP contribution in [0.25, 0.3) is 11.3 Å². The number of hydrogen-bond donors (Lipinski definition) is 1. The lowest BCUT2D eigenvalue weighted by molar-refractivity contribution is -0.132. The van der Waals surface area contributed by atoms with Crippen molar-refractivity contribution >= 4 is 11.9 Å². The van der Waals surface area contributed by atoms with Crippen LogP contribution in [0.4, 0.5) is 4.79 Å². The highest BCUT2D eigenvalue weighted by atomic mass is 16.5. The second kappa shape index (κ2) is 8.02. The number of urea groups is 1. The molecule has 0 unspecified atom stereocenters. The number of methoxy groups -OCH3 is 1. The maximum Gasteiger partial charge on any atom is 0.325 e. The summed E-state index contributed by atoms with van der Waals surface area (Å²) >= 11 is 0. The van der Waals surface area contributed by atoms with E-state index >= 15 is 0 Å². The van der Waals surface area contributed by atoms with Crippen molar-refractivity contribution in [3.63, 3.8) is 0 Å². The first-order valence-corrected chi connectivity index (χ1v) is 9.87. The maximum absolute atomic E-state index is 13.3. The second-order valence-corrected chi connectivity index (χ2v) is 7.25. The van der Waals surface area contributed by atoms with Crippen molar-refractivity contribution in [1.29, 1.82) is 0 Å². The van der Waals surface area contributed by atoms with E-state index in [1.807, 2.05) is 61.5 Å². The van der Waals surface area contributed by atoms with Crippen molar-refractivity contribution in [1.82, 2.24) is 15.4 Å². The van der Waals surface area contributed by atoms with E-state index < -0.39 is 11.6 Å². The minimum absolute atomic E-state index is 0.0200. The van der Waals surface area contributed by atoms with Crippen molar-refractivity contribution in [2.24, 2.45) is 0 Å². The van der Waals surface area contributed by atoms with Gasteiger partial charge in [0.05, 0.1) is 13.7 Å². The highest BCUT2D eigenvalue weighted by molar-refractivity contribution is 6.07. The van der Waals surface area contributed by atoms with E-state index in [2.05, 4.69) is 10.5 Å². The largest absolute Gasteiger partial charge is 0.497 e. The molecule has 2 heterocycles. The van der Waals surface area contributed by atoms with Crippen LogP contribution in [-0.4, -0.2) is 29.1 Å². The number of amides is 3. The molecular formula is C23H23N3O4. The summed E-state index contributed by atoms with van der Waals surface area (Å²) in [5, 5.41) is 7.00. The number of hydrogen-bond acceptors (Lipinski definition) is 5. The lowest BCUT2D eigenvalue weighted by atomic mass is 9.85. The van der Waals surface area contributed by atoms with Gasteiger partial charge in [0.1, 0.15) is 17.0 Å². The van der Waals surface area contributed by atoms with E-state index in [0.717, 1.165) is 23.3 Å². The summed E-state index contributed by atoms with van der Waals surface area (Å²) in [7, 11) is 1.61. The van der Waals surface area contributed by atoms with E-state index in [1.54, 1.807) is 13.2 Å². The molecule has 1 saturated heterocycles. The summed E-state index contributed by atoms with van der Waals surface area (Å²) < 4.78 is 10.6. The van der Waals surface area contributed by atoms with Gasteiger partial charge in [-0.2, -0.15) is 0 Å². The van der Waals surface area contributed by atoms with Crippen molar-refractivity contribution in [2.45, 2.75) is 31.8 Å². The predicted molar refractivity (Wildman–Crippen MR) is 111 cm³/mol. The van der Waals surface area contributed by atoms with E-state index in [1.165, 1.54) is 4.90 Å². The fourth-order valence-electron chi connectivity index (χ4n) is 3.82. The Morgan fingerprint density at radius 1 is 1.10 bits per heavy atom. The van der Waals surface area contributed by atoms with Crippen molar-refractivity contribution in [3.8, 4) is 17.0 Å². The molecule has 0 spiro atoms. The van der Waals surface area contributed by atoms with Crippen molar-refractivity contribution < 1.29 is 18.8 Å². The fraction of sp³-hybridized carbons (Fsp3) is 0.261. The van der Waals surface area contributed by atoms with Gasteiger partial charge in [-0.05, 0) is 36.2 Å². The van der Waals surface area contributed by atoms with Crippen LogP contribution in [0.15, 0.2) is 65.2 Å². The van der Waals surface area contributed by atoms with Gasteiger partial charge in [-0.3, -0.25) is 9.69 Å². The zero-order chi connectivity index (χ0) is 21.1. The van der Waals surface area contributed by atoms with Gasteiger partial charge < -0.3 is 14.6 Å². The molecule has 4 rings (SSSR count). The number of benzene rings is 2. The molecule has 0 saturated carbocycles. The van der Waals surface area contributed by atoms with Crippen molar-refractivity contribution in [2.75, 3.05) is 7.11 Å². The smallest absolute Gasteiger partial charge is 0.325 e. The number of ether oxygens (including phenoxy) is 1. The van der Waals surface area contributed by atoms with Gasteiger partial charge in [0, 0.05) is 11.6 Å². The van der Waals surface area contributed by atoms with Gasteiger partial charge in [-0.1, -0.05) is 48.8 Å². The molecule has 1 aliphatic rings. The molecule has 1 fully saturated rings. The van der Waals surface area contributed by atoms with E-state index in [4.69, 9.17) is 9.26 Å². The highest BCUT2D eigenvalue weighted by Gasteiger charge is 2.51. The monoisotopic (exact) mass is 405 g/mol. The molecular weight excluding hydrogens is 382 g/mol. The first-order valence-electron chi connectivity index (χ1n) is 9.87. The quantitative estimate of drug-likeness (QED) is 0.598. The van der Waals surface area contributed by atoms with Gasteiger partial charge in [-0.15, -0.1) is 0 Å². The van der Waals surface area contributed by atoms with Gasteiger partial charge in [0.2, 0.25) is 0 Å². The van der Waals surface area contributed by atoms with Crippen LogP contribution in [0.3, 0.4) is 0 Å². The molecule has 0 radical (unpaired) electrons. The average molecular weight is 405 g/mol. The SMILES string of the molecule is CCC[C@]1(c2ccccc2)NC(=O)N(Cc2cc(-c3ccc(OC)cc3)no2)C1=O. The van der Waals surface area contributed by atoms with Gasteiger partial charge in [-0.25, -0.2) is 4.79 Å². The summed E-state index contributed by atoms with van der Waals surface area (Å²) in [6.45, 7) is 2.01. The Balaban J connectivity index is 1.57. The van der Waals surface area contributed by atoms with Crippen LogP contribution >= 0.6 is 0 Å². The highest BCUT2D eigenvalue weighted by Crippen LogP contribution is 2.34. The van der Waals surface area contributed by atoms with Gasteiger partial charge in [0.25, 0.3) is 5.91 Å². The Hall–Kier alpha value is -3.61. The predicted octanol–water partition coefficient (Wildman–Crippen LogP) is 4.10. The molecule has 7 nitrogen and oxygen atoms in total. The topological polar surface area (TPSA) is 84.7 Å². The summed E-state index contributed by atoms with van der Waals surface area (Å²) in [5.41, 5.74) is 1.21. The molecule has 3 aromatic rings. The van der Waals surface area contributed by atoms with Gasteiger partial charge in [0.15, 0.2) is 5.76 Å². The molecule has 154 valence electrons. The summed E-state index contributed by atoms with van der Waals surface area (Å²) in [6, 6.07) is 18.1. The van der Waals surface area contributed by atoms with Crippen LogP contribution < -0.4 is 10.1 Å². The Morgan fingerprint density at radius 3 is 2.50 bits per heavy atom. The van der Waals surface area contributed by atoms with E-state index in [0.29, 0.717) is 17.9 Å². The molecule has 7 heteroatoms. The standard InChI is InChI=1S/C23H23N3O4/c1-3-13-23(17-7-5-4-6-8-17)21(27)26(22(28)24-23)15-19-14-20(25-30-19)16-9-11-18(29-2)12-10-16/h4-12,14H,3,13,15H2,1-2H3,(H,24,28)/t23-/m1/s1. The molecule has 1 aliphatic heterocycles. The molecule has 1 atom stereocenters. The average Bonchev–Trinajstić information content (AvgIpc) is 3.34. The minimum Gasteiger partial charge on any atom is -0.497 e. The normalized spacial score (nSPS) is 18.5. The third-order valence-corrected chi connectivity index (χ3v) is 5.33.